The Morgan fingerprint density at radius 3 is 2.20 bits per heavy atom. The Hall–Kier alpha value is -3.53. The van der Waals surface area contributed by atoms with E-state index in [9.17, 15) is 36.2 Å². The van der Waals surface area contributed by atoms with Crippen LogP contribution < -0.4 is 9.64 Å². The first-order valence-electron chi connectivity index (χ1n) is 12.7. The van der Waals surface area contributed by atoms with Crippen molar-refractivity contribution in [2.24, 2.45) is 0 Å². The minimum atomic E-state index is -6.02. The molecule has 1 aliphatic heterocycles. The maximum absolute atomic E-state index is 13.8. The Bertz CT molecular complexity index is 1360. The van der Waals surface area contributed by atoms with Crippen LogP contribution in [0.25, 0.3) is 0 Å². The molecule has 10 heteroatoms. The van der Waals surface area contributed by atoms with E-state index in [1.54, 1.807) is 43.3 Å². The number of carbonyl (C=O) groups is 1. The van der Waals surface area contributed by atoms with Gasteiger partial charge in [0, 0.05) is 11.3 Å². The summed E-state index contributed by atoms with van der Waals surface area (Å²) in [6.45, 7) is 5.49. The van der Waals surface area contributed by atoms with Gasteiger partial charge in [-0.3, -0.25) is 4.79 Å². The maximum atomic E-state index is 13.8. The van der Waals surface area contributed by atoms with Crippen LogP contribution in [0.1, 0.15) is 47.1 Å². The Balaban J connectivity index is 1.78. The largest absolute Gasteiger partial charge is 0.488 e. The Morgan fingerprint density at radius 1 is 0.950 bits per heavy atom. The van der Waals surface area contributed by atoms with Gasteiger partial charge in [-0.2, -0.15) is 26.3 Å². The van der Waals surface area contributed by atoms with Crippen molar-refractivity contribution in [1.29, 1.82) is 0 Å². The highest BCUT2D eigenvalue weighted by atomic mass is 19.4. The van der Waals surface area contributed by atoms with Crippen molar-refractivity contribution in [1.82, 2.24) is 0 Å². The van der Waals surface area contributed by atoms with Crippen molar-refractivity contribution < 1.29 is 41.0 Å². The van der Waals surface area contributed by atoms with E-state index in [0.29, 0.717) is 23.4 Å². The lowest BCUT2D eigenvalue weighted by Crippen LogP contribution is -2.54. The van der Waals surface area contributed by atoms with Gasteiger partial charge in [-0.15, -0.1) is 0 Å². The number of aryl methyl sites for hydroxylation is 3. The van der Waals surface area contributed by atoms with Gasteiger partial charge in [0.2, 0.25) is 5.91 Å². The molecule has 4 rings (SSSR count). The summed E-state index contributed by atoms with van der Waals surface area (Å²) in [5, 5.41) is 9.98. The minimum Gasteiger partial charge on any atom is -0.488 e. The van der Waals surface area contributed by atoms with E-state index in [1.807, 2.05) is 26.0 Å². The fraction of sp³-hybridized carbons (Fsp3) is 0.367. The van der Waals surface area contributed by atoms with E-state index >= 15 is 0 Å². The van der Waals surface area contributed by atoms with Crippen LogP contribution in [-0.4, -0.2) is 36.0 Å². The van der Waals surface area contributed by atoms with Crippen LogP contribution in [-0.2, 0) is 16.8 Å². The molecule has 0 radical (unpaired) electrons. The molecule has 2 atom stereocenters. The molecule has 1 aliphatic rings. The third-order valence-electron chi connectivity index (χ3n) is 7.29. The van der Waals surface area contributed by atoms with Crippen molar-refractivity contribution in [3.63, 3.8) is 0 Å². The van der Waals surface area contributed by atoms with Gasteiger partial charge in [-0.1, -0.05) is 60.2 Å². The van der Waals surface area contributed by atoms with Gasteiger partial charge >= 0.3 is 12.4 Å². The van der Waals surface area contributed by atoms with E-state index in [2.05, 4.69) is 0 Å². The Kier molecular flexibility index (Phi) is 7.95. The predicted molar refractivity (Wildman–Crippen MR) is 138 cm³/mol. The lowest BCUT2D eigenvalue weighted by atomic mass is 9.89. The smallest absolute Gasteiger partial charge is 0.430 e. The monoisotopic (exact) mass is 565 g/mol. The topological polar surface area (TPSA) is 49.8 Å². The molecule has 1 amide bonds. The molecule has 0 saturated carbocycles. The van der Waals surface area contributed by atoms with Crippen molar-refractivity contribution >= 4 is 11.6 Å². The molecule has 2 unspecified atom stereocenters. The summed E-state index contributed by atoms with van der Waals surface area (Å²) >= 11 is 0. The molecule has 40 heavy (non-hydrogen) atoms. The molecule has 0 aromatic heterocycles. The van der Waals surface area contributed by atoms with Gasteiger partial charge in [0.05, 0.1) is 12.5 Å². The van der Waals surface area contributed by atoms with E-state index in [4.69, 9.17) is 4.74 Å². The number of hydrogen-bond donors (Lipinski definition) is 1. The lowest BCUT2D eigenvalue weighted by molar-refractivity contribution is -0.376. The first-order valence-corrected chi connectivity index (χ1v) is 12.7. The van der Waals surface area contributed by atoms with Crippen molar-refractivity contribution in [2.75, 3.05) is 11.4 Å². The van der Waals surface area contributed by atoms with Gasteiger partial charge in [-0.25, -0.2) is 0 Å². The van der Waals surface area contributed by atoms with Crippen LogP contribution >= 0.6 is 0 Å². The molecule has 0 saturated heterocycles. The minimum absolute atomic E-state index is 0.0219. The van der Waals surface area contributed by atoms with Crippen molar-refractivity contribution in [2.45, 2.75) is 63.6 Å². The molecular formula is C30H29F6NO3. The van der Waals surface area contributed by atoms with E-state index in [0.717, 1.165) is 17.2 Å². The van der Waals surface area contributed by atoms with E-state index in [-0.39, 0.29) is 30.6 Å². The second-order valence-electron chi connectivity index (χ2n) is 10.2. The first kappa shape index (κ1) is 29.5. The van der Waals surface area contributed by atoms with Gasteiger partial charge in [-0.05, 0) is 62.4 Å². The molecule has 0 fully saturated rings. The second-order valence-corrected chi connectivity index (χ2v) is 10.2. The summed E-state index contributed by atoms with van der Waals surface area (Å²) < 4.78 is 87.9. The normalized spacial score (nSPS) is 17.1. The molecule has 214 valence electrons. The number of halogens is 6. The van der Waals surface area contributed by atoms with Crippen molar-refractivity contribution in [3.05, 3.63) is 94.5 Å². The summed E-state index contributed by atoms with van der Waals surface area (Å²) in [5.74, 6) is -0.483. The number of ether oxygens (including phenoxy) is 1. The highest BCUT2D eigenvalue weighted by Gasteiger charge is 2.71. The Morgan fingerprint density at radius 2 is 1.60 bits per heavy atom. The summed E-state index contributed by atoms with van der Waals surface area (Å²) in [5.41, 5.74) is -3.61. The number of carbonyl (C=O) groups excluding carboxylic acids is 1. The highest BCUT2D eigenvalue weighted by Crippen LogP contribution is 2.51. The van der Waals surface area contributed by atoms with Gasteiger partial charge in [0.25, 0.3) is 5.60 Å². The van der Waals surface area contributed by atoms with Crippen LogP contribution in [0.4, 0.5) is 32.0 Å². The average Bonchev–Trinajstić information content (AvgIpc) is 3.07. The van der Waals surface area contributed by atoms with Crippen molar-refractivity contribution in [3.8, 4) is 5.75 Å². The van der Waals surface area contributed by atoms with Gasteiger partial charge < -0.3 is 14.7 Å². The second kappa shape index (κ2) is 10.8. The molecule has 3 aromatic carbocycles. The van der Waals surface area contributed by atoms with Crippen LogP contribution in [0.2, 0.25) is 0 Å². The fourth-order valence-electron chi connectivity index (χ4n) is 5.01. The molecule has 3 aromatic rings. The SMILES string of the molecule is Cc1ccc(OC2CCc3cc(C(O)(C(F)(F)F)C(F)(F)F)ccc3N(C(=O)C(C)c3ccccc3)C2)c(C)c1. The van der Waals surface area contributed by atoms with Crippen LogP contribution in [0, 0.1) is 13.8 Å². The lowest BCUT2D eigenvalue weighted by Gasteiger charge is -2.34. The van der Waals surface area contributed by atoms with Crippen LogP contribution in [0.5, 0.6) is 5.75 Å². The van der Waals surface area contributed by atoms with Gasteiger partial charge in [0.1, 0.15) is 11.9 Å². The maximum Gasteiger partial charge on any atom is 0.430 e. The predicted octanol–water partition coefficient (Wildman–Crippen LogP) is 7.15. The zero-order valence-corrected chi connectivity index (χ0v) is 22.1. The number of benzene rings is 3. The number of alkyl halides is 6. The summed E-state index contributed by atoms with van der Waals surface area (Å²) in [4.78, 5) is 15.1. The standard InChI is InChI=1S/C30H29F6NO3/c1-18-9-14-26(19(2)15-18)40-24-12-10-22-16-23(28(39,29(31,32)33)30(34,35)36)11-13-25(22)37(17-24)27(38)20(3)21-7-5-4-6-8-21/h4-9,11,13-16,20,24,39H,10,12,17H2,1-3H3. The van der Waals surface area contributed by atoms with E-state index in [1.165, 1.54) is 4.90 Å². The third kappa shape index (κ3) is 5.54. The number of hydrogen-bond acceptors (Lipinski definition) is 3. The molecule has 1 heterocycles. The average molecular weight is 566 g/mol. The molecule has 0 spiro atoms. The molecule has 4 nitrogen and oxygen atoms in total. The zero-order valence-electron chi connectivity index (χ0n) is 22.1. The molecule has 0 bridgehead atoms. The zero-order chi connectivity index (χ0) is 29.5. The number of aliphatic hydroxyl groups is 1. The van der Waals surface area contributed by atoms with Crippen LogP contribution in [0.3, 0.4) is 0 Å². The summed E-state index contributed by atoms with van der Waals surface area (Å²) in [6, 6.07) is 16.7. The fourth-order valence-corrected chi connectivity index (χ4v) is 5.01. The number of nitrogens with zero attached hydrogens (tertiary/aromatic N) is 1. The number of anilines is 1. The first-order chi connectivity index (χ1) is 18.6. The number of amides is 1. The quantitative estimate of drug-likeness (QED) is 0.335. The highest BCUT2D eigenvalue weighted by molar-refractivity contribution is 5.98. The number of rotatable bonds is 5. The molecule has 1 N–H and O–H groups in total. The van der Waals surface area contributed by atoms with E-state index < -0.39 is 41.4 Å². The Labute approximate surface area is 228 Å². The third-order valence-corrected chi connectivity index (χ3v) is 7.29. The summed E-state index contributed by atoms with van der Waals surface area (Å²) in [7, 11) is 0. The molecule has 0 aliphatic carbocycles. The summed E-state index contributed by atoms with van der Waals surface area (Å²) in [6.07, 6.45) is -12.4. The molecular weight excluding hydrogens is 536 g/mol. The number of fused-ring (bicyclic) bond motifs is 1. The van der Waals surface area contributed by atoms with Crippen LogP contribution in [0.15, 0.2) is 66.7 Å². The van der Waals surface area contributed by atoms with Gasteiger partial charge in [0.15, 0.2) is 0 Å².